The van der Waals surface area contributed by atoms with Crippen molar-refractivity contribution in [3.63, 3.8) is 0 Å². The zero-order valence-corrected chi connectivity index (χ0v) is 10.7. The molecule has 0 aliphatic carbocycles. The van der Waals surface area contributed by atoms with Gasteiger partial charge in [0, 0.05) is 11.0 Å². The number of amides is 1. The number of nitrogens with one attached hydrogen (secondary N) is 1. The van der Waals surface area contributed by atoms with E-state index in [4.69, 9.17) is 9.84 Å². The van der Waals surface area contributed by atoms with Gasteiger partial charge in [-0.05, 0) is 41.1 Å². The Bertz CT molecular complexity index is 379. The lowest BCUT2D eigenvalue weighted by Gasteiger charge is -2.09. The third kappa shape index (κ3) is 3.50. The number of aliphatic hydroxyl groups is 1. The Balaban J connectivity index is 2.76. The van der Waals surface area contributed by atoms with Crippen LogP contribution in [0.1, 0.15) is 17.3 Å². The highest BCUT2D eigenvalue weighted by molar-refractivity contribution is 9.10. The Morgan fingerprint density at radius 3 is 2.81 bits per heavy atom. The summed E-state index contributed by atoms with van der Waals surface area (Å²) in [6.45, 7) is 1.85. The standard InChI is InChI=1S/C11H14BrNO3/c1-7(14)6-13-11(15)9-4-3-8(16-2)5-10(9)12/h3-5,7,14H,6H2,1-2H3,(H,13,15). The molecule has 0 saturated carbocycles. The maximum Gasteiger partial charge on any atom is 0.252 e. The first-order valence-corrected chi connectivity index (χ1v) is 5.63. The second kappa shape index (κ2) is 5.86. The second-order valence-electron chi connectivity index (χ2n) is 3.40. The third-order valence-corrected chi connectivity index (χ3v) is 2.63. The summed E-state index contributed by atoms with van der Waals surface area (Å²) >= 11 is 3.29. The normalized spacial score (nSPS) is 12.0. The largest absolute Gasteiger partial charge is 0.497 e. The van der Waals surface area contributed by atoms with Crippen LogP contribution in [0.2, 0.25) is 0 Å². The molecular formula is C11H14BrNO3. The SMILES string of the molecule is COc1ccc(C(=O)NCC(C)O)c(Br)c1. The highest BCUT2D eigenvalue weighted by Crippen LogP contribution is 2.22. The molecule has 1 unspecified atom stereocenters. The summed E-state index contributed by atoms with van der Waals surface area (Å²) in [5.74, 6) is 0.453. The molecule has 0 fully saturated rings. The van der Waals surface area contributed by atoms with Crippen molar-refractivity contribution in [3.05, 3.63) is 28.2 Å². The molecule has 1 aromatic carbocycles. The summed E-state index contributed by atoms with van der Waals surface area (Å²) in [5, 5.41) is 11.7. The van der Waals surface area contributed by atoms with Crippen molar-refractivity contribution in [2.24, 2.45) is 0 Å². The maximum atomic E-state index is 11.7. The van der Waals surface area contributed by atoms with Crippen molar-refractivity contribution in [2.75, 3.05) is 13.7 Å². The van der Waals surface area contributed by atoms with E-state index in [9.17, 15) is 4.79 Å². The zero-order valence-electron chi connectivity index (χ0n) is 9.16. The molecule has 2 N–H and O–H groups in total. The molecule has 0 aliphatic rings. The molecule has 4 nitrogen and oxygen atoms in total. The minimum atomic E-state index is -0.555. The monoisotopic (exact) mass is 287 g/mol. The lowest BCUT2D eigenvalue weighted by Crippen LogP contribution is -2.30. The van der Waals surface area contributed by atoms with Gasteiger partial charge in [-0.3, -0.25) is 4.79 Å². The molecular weight excluding hydrogens is 274 g/mol. The molecule has 0 saturated heterocycles. The Hall–Kier alpha value is -1.07. The van der Waals surface area contributed by atoms with Gasteiger partial charge < -0.3 is 15.2 Å². The maximum absolute atomic E-state index is 11.7. The Kier molecular flexibility index (Phi) is 4.76. The fourth-order valence-corrected chi connectivity index (χ4v) is 1.68. The average molecular weight is 288 g/mol. The molecule has 1 atom stereocenters. The van der Waals surface area contributed by atoms with Crippen LogP contribution in [0.5, 0.6) is 5.75 Å². The summed E-state index contributed by atoms with van der Waals surface area (Å²) in [5.41, 5.74) is 0.515. The van der Waals surface area contributed by atoms with E-state index < -0.39 is 6.10 Å². The van der Waals surface area contributed by atoms with E-state index in [0.29, 0.717) is 15.8 Å². The molecule has 0 heterocycles. The van der Waals surface area contributed by atoms with Crippen molar-refractivity contribution in [3.8, 4) is 5.75 Å². The van der Waals surface area contributed by atoms with E-state index in [2.05, 4.69) is 21.2 Å². The zero-order chi connectivity index (χ0) is 12.1. The van der Waals surface area contributed by atoms with Crippen LogP contribution in [0.15, 0.2) is 22.7 Å². The van der Waals surface area contributed by atoms with Gasteiger partial charge >= 0.3 is 0 Å². The van der Waals surface area contributed by atoms with Crippen LogP contribution in [-0.4, -0.2) is 30.8 Å². The van der Waals surface area contributed by atoms with Gasteiger partial charge in [-0.2, -0.15) is 0 Å². The first-order valence-electron chi connectivity index (χ1n) is 4.84. The van der Waals surface area contributed by atoms with E-state index in [1.807, 2.05) is 0 Å². The highest BCUT2D eigenvalue weighted by Gasteiger charge is 2.10. The minimum Gasteiger partial charge on any atom is -0.497 e. The van der Waals surface area contributed by atoms with E-state index in [1.165, 1.54) is 0 Å². The predicted octanol–water partition coefficient (Wildman–Crippen LogP) is 1.57. The van der Waals surface area contributed by atoms with Gasteiger partial charge in [0.25, 0.3) is 5.91 Å². The number of benzene rings is 1. The van der Waals surface area contributed by atoms with Gasteiger partial charge in [0.2, 0.25) is 0 Å². The Labute approximate surface area is 103 Å². The topological polar surface area (TPSA) is 58.6 Å². The van der Waals surface area contributed by atoms with Gasteiger partial charge in [-0.1, -0.05) is 0 Å². The second-order valence-corrected chi connectivity index (χ2v) is 4.26. The quantitative estimate of drug-likeness (QED) is 0.884. The predicted molar refractivity (Wildman–Crippen MR) is 64.7 cm³/mol. The molecule has 0 radical (unpaired) electrons. The van der Waals surface area contributed by atoms with Crippen molar-refractivity contribution >= 4 is 21.8 Å². The van der Waals surface area contributed by atoms with Crippen LogP contribution >= 0.6 is 15.9 Å². The number of carbonyl (C=O) groups excluding carboxylic acids is 1. The molecule has 1 amide bonds. The van der Waals surface area contributed by atoms with Gasteiger partial charge in [0.05, 0.1) is 18.8 Å². The molecule has 0 spiro atoms. The average Bonchev–Trinajstić information content (AvgIpc) is 2.25. The van der Waals surface area contributed by atoms with E-state index in [1.54, 1.807) is 32.2 Å². The van der Waals surface area contributed by atoms with Crippen LogP contribution in [0, 0.1) is 0 Å². The summed E-state index contributed by atoms with van der Waals surface area (Å²) in [6, 6.07) is 5.10. The molecule has 1 aromatic rings. The number of methoxy groups -OCH3 is 1. The fourth-order valence-electron chi connectivity index (χ4n) is 1.14. The van der Waals surface area contributed by atoms with Crippen molar-refractivity contribution in [1.29, 1.82) is 0 Å². The summed E-state index contributed by atoms with van der Waals surface area (Å²) in [6.07, 6.45) is -0.555. The van der Waals surface area contributed by atoms with Crippen LogP contribution < -0.4 is 10.1 Å². The molecule has 88 valence electrons. The molecule has 0 bridgehead atoms. The van der Waals surface area contributed by atoms with Crippen LogP contribution in [0.25, 0.3) is 0 Å². The first-order chi connectivity index (χ1) is 7.54. The highest BCUT2D eigenvalue weighted by atomic mass is 79.9. The molecule has 16 heavy (non-hydrogen) atoms. The van der Waals surface area contributed by atoms with E-state index >= 15 is 0 Å². The third-order valence-electron chi connectivity index (χ3n) is 1.98. The summed E-state index contributed by atoms with van der Waals surface area (Å²) < 4.78 is 5.69. The van der Waals surface area contributed by atoms with Gasteiger partial charge in [0.1, 0.15) is 5.75 Å². The molecule has 5 heteroatoms. The van der Waals surface area contributed by atoms with Crippen molar-refractivity contribution in [1.82, 2.24) is 5.32 Å². The molecule has 0 aromatic heterocycles. The first kappa shape index (κ1) is 13.0. The number of halogens is 1. The van der Waals surface area contributed by atoms with Crippen LogP contribution in [0.4, 0.5) is 0 Å². The smallest absolute Gasteiger partial charge is 0.252 e. The van der Waals surface area contributed by atoms with Crippen molar-refractivity contribution in [2.45, 2.75) is 13.0 Å². The summed E-state index contributed by atoms with van der Waals surface area (Å²) in [4.78, 5) is 11.7. The number of carbonyl (C=O) groups is 1. The fraction of sp³-hybridized carbons (Fsp3) is 0.364. The van der Waals surface area contributed by atoms with E-state index in [0.717, 1.165) is 0 Å². The van der Waals surface area contributed by atoms with Gasteiger partial charge in [-0.25, -0.2) is 0 Å². The number of hydrogen-bond acceptors (Lipinski definition) is 3. The number of aliphatic hydroxyl groups excluding tert-OH is 1. The number of ether oxygens (including phenoxy) is 1. The van der Waals surface area contributed by atoms with Crippen LogP contribution in [-0.2, 0) is 0 Å². The minimum absolute atomic E-state index is 0.226. The molecule has 0 aliphatic heterocycles. The lowest BCUT2D eigenvalue weighted by molar-refractivity contribution is 0.0923. The van der Waals surface area contributed by atoms with Crippen LogP contribution in [0.3, 0.4) is 0 Å². The lowest BCUT2D eigenvalue weighted by atomic mass is 10.2. The molecule has 1 rings (SSSR count). The number of rotatable bonds is 4. The Morgan fingerprint density at radius 1 is 1.62 bits per heavy atom. The number of hydrogen-bond donors (Lipinski definition) is 2. The summed E-state index contributed by atoms with van der Waals surface area (Å²) in [7, 11) is 1.56. The van der Waals surface area contributed by atoms with Gasteiger partial charge in [-0.15, -0.1) is 0 Å². The van der Waals surface area contributed by atoms with E-state index in [-0.39, 0.29) is 12.5 Å². The van der Waals surface area contributed by atoms with Crippen molar-refractivity contribution < 1.29 is 14.6 Å². The Morgan fingerprint density at radius 2 is 2.31 bits per heavy atom. The van der Waals surface area contributed by atoms with Gasteiger partial charge in [0.15, 0.2) is 0 Å².